The predicted octanol–water partition coefficient (Wildman–Crippen LogP) is 3.72. The van der Waals surface area contributed by atoms with Crippen molar-refractivity contribution in [3.05, 3.63) is 53.2 Å². The zero-order chi connectivity index (χ0) is 28.0. The Morgan fingerprint density at radius 3 is 2.85 bits per heavy atom. The molecule has 2 fully saturated rings. The van der Waals surface area contributed by atoms with Crippen LogP contribution >= 0.6 is 0 Å². The van der Waals surface area contributed by atoms with E-state index >= 15 is 0 Å². The van der Waals surface area contributed by atoms with Gasteiger partial charge in [0.2, 0.25) is 11.8 Å². The Morgan fingerprint density at radius 1 is 1.25 bits per heavy atom. The van der Waals surface area contributed by atoms with E-state index in [-0.39, 0.29) is 11.9 Å². The maximum absolute atomic E-state index is 12.3. The SMILES string of the molecule is C=CC(=O)N1CCN(c2nc(OC[C@@H]3CCCN3C)nc3c2CC(C)=C(c2c(C)ccc4[nH]ncc24)O3)[C@@H](C)C1. The number of ether oxygens (including phenoxy) is 2. The molecule has 6 rings (SSSR count). The highest BCUT2D eigenvalue weighted by molar-refractivity contribution is 5.93. The molecule has 1 amide bonds. The fourth-order valence-electron chi connectivity index (χ4n) is 6.16. The first-order valence-electron chi connectivity index (χ1n) is 14.1. The maximum atomic E-state index is 12.3. The van der Waals surface area contributed by atoms with Crippen molar-refractivity contribution >= 4 is 28.4 Å². The highest BCUT2D eigenvalue weighted by atomic mass is 16.5. The number of carbonyl (C=O) groups excluding carboxylic acids is 1. The number of amides is 1. The monoisotopic (exact) mass is 543 g/mol. The lowest BCUT2D eigenvalue weighted by molar-refractivity contribution is -0.126. The number of likely N-dealkylation sites (N-methyl/N-ethyl adjacent to an activating group) is 1. The number of hydrogen-bond acceptors (Lipinski definition) is 8. The maximum Gasteiger partial charge on any atom is 0.321 e. The number of hydrogen-bond donors (Lipinski definition) is 1. The van der Waals surface area contributed by atoms with E-state index in [1.807, 2.05) is 17.2 Å². The minimum atomic E-state index is -0.0449. The standard InChI is InChI=1S/C30H37N7O3/c1-6-25(38)36-12-13-37(20(4)16-36)28-22-14-19(3)27(26-18(2)9-10-24-23(26)15-31-34-24)40-29(22)33-30(32-28)39-17-21-8-7-11-35(21)5/h6,9-10,15,20-21H,1,7-8,11-14,16-17H2,2-5H3,(H,31,34)/t20-,21-/m0/s1. The minimum Gasteiger partial charge on any atom is -0.462 e. The van der Waals surface area contributed by atoms with Crippen LogP contribution in [0.15, 0.2) is 36.6 Å². The topological polar surface area (TPSA) is 99.7 Å². The first-order chi connectivity index (χ1) is 19.3. The summed E-state index contributed by atoms with van der Waals surface area (Å²) in [7, 11) is 2.13. The van der Waals surface area contributed by atoms with Crippen LogP contribution in [0.3, 0.4) is 0 Å². The molecule has 2 aromatic heterocycles. The van der Waals surface area contributed by atoms with Gasteiger partial charge in [-0.1, -0.05) is 12.6 Å². The Balaban J connectivity index is 1.37. The molecule has 3 aromatic rings. The molecule has 0 spiro atoms. The van der Waals surface area contributed by atoms with Crippen LogP contribution < -0.4 is 14.4 Å². The van der Waals surface area contributed by atoms with Gasteiger partial charge >= 0.3 is 6.01 Å². The summed E-state index contributed by atoms with van der Waals surface area (Å²) in [6.07, 6.45) is 6.15. The number of piperazine rings is 1. The van der Waals surface area contributed by atoms with Crippen molar-refractivity contribution in [3.8, 4) is 11.9 Å². The molecule has 210 valence electrons. The number of likely N-dealkylation sites (tertiary alicyclic amines) is 1. The number of aromatic nitrogens is 4. The summed E-state index contributed by atoms with van der Waals surface area (Å²) >= 11 is 0. The molecule has 1 N–H and O–H groups in total. The number of aromatic amines is 1. The molecular formula is C30H37N7O3. The number of benzene rings is 1. The highest BCUT2D eigenvalue weighted by Gasteiger charge is 2.33. The first-order valence-corrected chi connectivity index (χ1v) is 14.1. The van der Waals surface area contributed by atoms with Gasteiger partial charge in [-0.15, -0.1) is 0 Å². The van der Waals surface area contributed by atoms with Crippen molar-refractivity contribution in [3.63, 3.8) is 0 Å². The van der Waals surface area contributed by atoms with Gasteiger partial charge < -0.3 is 24.2 Å². The third-order valence-corrected chi connectivity index (χ3v) is 8.48. The van der Waals surface area contributed by atoms with E-state index in [1.165, 1.54) is 12.5 Å². The Kier molecular flexibility index (Phi) is 6.95. The first kappa shape index (κ1) is 26.3. The fourth-order valence-corrected chi connectivity index (χ4v) is 6.16. The Bertz CT molecular complexity index is 1500. The summed E-state index contributed by atoms with van der Waals surface area (Å²) < 4.78 is 12.9. The van der Waals surface area contributed by atoms with Crippen LogP contribution in [0.4, 0.5) is 5.82 Å². The smallest absolute Gasteiger partial charge is 0.321 e. The molecule has 2 atom stereocenters. The average Bonchev–Trinajstić information content (AvgIpc) is 3.59. The van der Waals surface area contributed by atoms with E-state index in [9.17, 15) is 4.79 Å². The molecule has 10 nitrogen and oxygen atoms in total. The zero-order valence-electron chi connectivity index (χ0n) is 23.7. The van der Waals surface area contributed by atoms with Crippen molar-refractivity contribution in [2.24, 2.45) is 0 Å². The van der Waals surface area contributed by atoms with Crippen LogP contribution in [0.1, 0.15) is 43.4 Å². The summed E-state index contributed by atoms with van der Waals surface area (Å²) in [5.41, 5.74) is 5.14. The minimum absolute atomic E-state index is 0.0449. The van der Waals surface area contributed by atoms with Gasteiger partial charge in [-0.05, 0) is 70.5 Å². The molecule has 0 bridgehead atoms. The number of carbonyl (C=O) groups is 1. The van der Waals surface area contributed by atoms with Gasteiger partial charge in [0.25, 0.3) is 0 Å². The zero-order valence-corrected chi connectivity index (χ0v) is 23.7. The number of fused-ring (bicyclic) bond motifs is 2. The molecule has 10 heteroatoms. The van der Waals surface area contributed by atoms with Gasteiger partial charge in [-0.25, -0.2) is 0 Å². The van der Waals surface area contributed by atoms with Crippen molar-refractivity contribution in [2.75, 3.05) is 44.7 Å². The van der Waals surface area contributed by atoms with Gasteiger partial charge in [0.05, 0.1) is 17.3 Å². The van der Waals surface area contributed by atoms with E-state index < -0.39 is 0 Å². The number of nitrogens with zero attached hydrogens (tertiary/aromatic N) is 6. The Hall–Kier alpha value is -3.92. The van der Waals surface area contributed by atoms with E-state index in [4.69, 9.17) is 19.4 Å². The summed E-state index contributed by atoms with van der Waals surface area (Å²) in [6.45, 7) is 13.4. The number of allylic oxidation sites excluding steroid dienone is 1. The largest absolute Gasteiger partial charge is 0.462 e. The average molecular weight is 544 g/mol. The lowest BCUT2D eigenvalue weighted by atomic mass is 9.95. The quantitative estimate of drug-likeness (QED) is 0.470. The molecule has 2 saturated heterocycles. The van der Waals surface area contributed by atoms with Gasteiger partial charge in [0.15, 0.2) is 0 Å². The molecule has 0 saturated carbocycles. The van der Waals surface area contributed by atoms with Crippen LogP contribution in [0.5, 0.6) is 11.9 Å². The normalized spacial score (nSPS) is 21.5. The molecule has 40 heavy (non-hydrogen) atoms. The highest BCUT2D eigenvalue weighted by Crippen LogP contribution is 2.41. The third kappa shape index (κ3) is 4.70. The van der Waals surface area contributed by atoms with Gasteiger partial charge in [0, 0.05) is 49.1 Å². The molecule has 3 aliphatic rings. The molecule has 1 aromatic carbocycles. The number of nitrogens with one attached hydrogen (secondary N) is 1. The number of rotatable bonds is 6. The molecule has 0 radical (unpaired) electrons. The van der Waals surface area contributed by atoms with E-state index in [2.05, 4.69) is 60.5 Å². The second-order valence-electron chi connectivity index (χ2n) is 11.2. The predicted molar refractivity (Wildman–Crippen MR) is 155 cm³/mol. The third-order valence-electron chi connectivity index (χ3n) is 8.48. The van der Waals surface area contributed by atoms with E-state index in [1.54, 1.807) is 0 Å². The number of anilines is 1. The second-order valence-corrected chi connectivity index (χ2v) is 11.2. The van der Waals surface area contributed by atoms with E-state index in [0.29, 0.717) is 50.6 Å². The van der Waals surface area contributed by atoms with Crippen LogP contribution in [0.25, 0.3) is 16.7 Å². The summed E-state index contributed by atoms with van der Waals surface area (Å²) in [4.78, 5) is 28.5. The van der Waals surface area contributed by atoms with Crippen LogP contribution in [-0.2, 0) is 11.2 Å². The molecular weight excluding hydrogens is 506 g/mol. The van der Waals surface area contributed by atoms with E-state index in [0.717, 1.165) is 57.7 Å². The summed E-state index contributed by atoms with van der Waals surface area (Å²) in [5, 5.41) is 8.35. The fraction of sp³-hybridized carbons (Fsp3) is 0.467. The molecule has 3 aliphatic heterocycles. The number of H-pyrrole nitrogens is 1. The Morgan fingerprint density at radius 2 is 2.10 bits per heavy atom. The molecule has 0 aliphatic carbocycles. The van der Waals surface area contributed by atoms with Crippen LogP contribution in [0.2, 0.25) is 0 Å². The van der Waals surface area contributed by atoms with Crippen molar-refractivity contribution in [1.82, 2.24) is 30.0 Å². The summed E-state index contributed by atoms with van der Waals surface area (Å²) in [5.74, 6) is 2.10. The van der Waals surface area contributed by atoms with Crippen molar-refractivity contribution in [2.45, 2.75) is 52.1 Å². The summed E-state index contributed by atoms with van der Waals surface area (Å²) in [6, 6.07) is 4.84. The van der Waals surface area contributed by atoms with Crippen LogP contribution in [-0.4, -0.2) is 87.8 Å². The second kappa shape index (κ2) is 10.6. The Labute approximate surface area is 234 Å². The van der Waals surface area contributed by atoms with Crippen LogP contribution in [0, 0.1) is 6.92 Å². The molecule has 0 unspecified atom stereocenters. The lowest BCUT2D eigenvalue weighted by Crippen LogP contribution is -2.54. The molecule has 5 heterocycles. The van der Waals surface area contributed by atoms with Gasteiger partial charge in [0.1, 0.15) is 18.2 Å². The van der Waals surface area contributed by atoms with Crippen molar-refractivity contribution < 1.29 is 14.3 Å². The lowest BCUT2D eigenvalue weighted by Gasteiger charge is -2.41. The van der Waals surface area contributed by atoms with Gasteiger partial charge in [-0.3, -0.25) is 9.89 Å². The van der Waals surface area contributed by atoms with Crippen molar-refractivity contribution in [1.29, 1.82) is 0 Å². The number of aryl methyl sites for hydroxylation is 1. The van der Waals surface area contributed by atoms with Gasteiger partial charge in [-0.2, -0.15) is 15.1 Å².